The average molecular weight is 362 g/mol. The van der Waals surface area contributed by atoms with Gasteiger partial charge in [0.2, 0.25) is 5.91 Å². The number of likely N-dealkylation sites (tertiary alicyclic amines) is 1. The number of piperidine rings is 1. The summed E-state index contributed by atoms with van der Waals surface area (Å²) in [6.45, 7) is 10.3. The first-order valence-corrected chi connectivity index (χ1v) is 10.8. The summed E-state index contributed by atoms with van der Waals surface area (Å²) in [7, 11) is 0. The quantitative estimate of drug-likeness (QED) is 0.754. The van der Waals surface area contributed by atoms with Gasteiger partial charge in [-0.2, -0.15) is 0 Å². The summed E-state index contributed by atoms with van der Waals surface area (Å²) in [5.74, 6) is 0.642. The Morgan fingerprint density at radius 3 is 2.20 bits per heavy atom. The van der Waals surface area contributed by atoms with E-state index in [2.05, 4.69) is 52.1 Å². The van der Waals surface area contributed by atoms with Crippen molar-refractivity contribution in [3.8, 4) is 0 Å². The molecule has 2 fully saturated rings. The highest BCUT2D eigenvalue weighted by Gasteiger charge is 2.30. The SMILES string of the molecule is CCN1CCN(C(=O)C2CCN(Cc3ccc(SC)cc3)CC2)CC1. The van der Waals surface area contributed by atoms with Crippen molar-refractivity contribution in [2.75, 3.05) is 52.1 Å². The third-order valence-electron chi connectivity index (χ3n) is 5.63. The summed E-state index contributed by atoms with van der Waals surface area (Å²) in [5, 5.41) is 0. The lowest BCUT2D eigenvalue weighted by Crippen LogP contribution is -2.51. The monoisotopic (exact) mass is 361 g/mol. The lowest BCUT2D eigenvalue weighted by atomic mass is 9.94. The Hall–Kier alpha value is -1.04. The number of amides is 1. The van der Waals surface area contributed by atoms with Gasteiger partial charge in [-0.25, -0.2) is 0 Å². The van der Waals surface area contributed by atoms with Crippen molar-refractivity contribution in [3.63, 3.8) is 0 Å². The zero-order valence-electron chi connectivity index (χ0n) is 15.6. The van der Waals surface area contributed by atoms with E-state index in [1.807, 2.05) is 0 Å². The zero-order valence-corrected chi connectivity index (χ0v) is 16.4. The van der Waals surface area contributed by atoms with Crippen LogP contribution in [-0.2, 0) is 11.3 Å². The molecule has 0 aromatic heterocycles. The van der Waals surface area contributed by atoms with E-state index < -0.39 is 0 Å². The largest absolute Gasteiger partial charge is 0.340 e. The van der Waals surface area contributed by atoms with Crippen LogP contribution in [0.3, 0.4) is 0 Å². The van der Waals surface area contributed by atoms with Gasteiger partial charge in [0, 0.05) is 43.5 Å². The van der Waals surface area contributed by atoms with Crippen LogP contribution in [0.1, 0.15) is 25.3 Å². The van der Waals surface area contributed by atoms with E-state index in [4.69, 9.17) is 0 Å². The van der Waals surface area contributed by atoms with Gasteiger partial charge in [0.1, 0.15) is 0 Å². The van der Waals surface area contributed by atoms with Crippen LogP contribution in [0, 0.1) is 5.92 Å². The molecule has 5 heteroatoms. The first kappa shape index (κ1) is 18.7. The van der Waals surface area contributed by atoms with Gasteiger partial charge in [-0.15, -0.1) is 11.8 Å². The summed E-state index contributed by atoms with van der Waals surface area (Å²) in [5.41, 5.74) is 1.37. The van der Waals surface area contributed by atoms with Crippen LogP contribution in [0.5, 0.6) is 0 Å². The molecular weight excluding hydrogens is 330 g/mol. The second kappa shape index (κ2) is 9.06. The molecule has 0 saturated carbocycles. The molecule has 3 rings (SSSR count). The van der Waals surface area contributed by atoms with Gasteiger partial charge >= 0.3 is 0 Å². The van der Waals surface area contributed by atoms with Gasteiger partial charge in [-0.1, -0.05) is 19.1 Å². The van der Waals surface area contributed by atoms with Gasteiger partial charge in [-0.05, 0) is 56.4 Å². The summed E-state index contributed by atoms with van der Waals surface area (Å²) in [4.78, 5) is 21.1. The number of nitrogens with zero attached hydrogens (tertiary/aromatic N) is 3. The summed E-state index contributed by atoms with van der Waals surface area (Å²) in [6.07, 6.45) is 4.13. The van der Waals surface area contributed by atoms with Gasteiger partial charge in [0.05, 0.1) is 0 Å². The lowest BCUT2D eigenvalue weighted by molar-refractivity contribution is -0.138. The van der Waals surface area contributed by atoms with Gasteiger partial charge < -0.3 is 9.80 Å². The molecule has 2 aliphatic heterocycles. The number of hydrogen-bond acceptors (Lipinski definition) is 4. The molecule has 0 N–H and O–H groups in total. The van der Waals surface area contributed by atoms with Crippen LogP contribution in [-0.4, -0.2) is 72.7 Å². The predicted molar refractivity (Wildman–Crippen MR) is 105 cm³/mol. The van der Waals surface area contributed by atoms with E-state index >= 15 is 0 Å². The standard InChI is InChI=1S/C20H31N3OS/c1-3-21-12-14-23(15-13-21)20(24)18-8-10-22(11-9-18)16-17-4-6-19(25-2)7-5-17/h4-7,18H,3,8-16H2,1-2H3. The molecule has 0 atom stereocenters. The van der Waals surface area contributed by atoms with Crippen LogP contribution >= 0.6 is 11.8 Å². The molecule has 0 unspecified atom stereocenters. The number of carbonyl (C=O) groups is 1. The number of likely N-dealkylation sites (N-methyl/N-ethyl adjacent to an activating group) is 1. The minimum absolute atomic E-state index is 0.239. The second-order valence-corrected chi connectivity index (χ2v) is 8.04. The fourth-order valence-electron chi connectivity index (χ4n) is 3.87. The van der Waals surface area contributed by atoms with E-state index in [1.165, 1.54) is 10.5 Å². The van der Waals surface area contributed by atoms with Crippen LogP contribution in [0.25, 0.3) is 0 Å². The molecule has 0 bridgehead atoms. The number of carbonyl (C=O) groups excluding carboxylic acids is 1. The number of thioether (sulfide) groups is 1. The molecule has 2 heterocycles. The van der Waals surface area contributed by atoms with Crippen LogP contribution in [0.15, 0.2) is 29.2 Å². The summed E-state index contributed by atoms with van der Waals surface area (Å²) < 4.78 is 0. The second-order valence-electron chi connectivity index (χ2n) is 7.16. The maximum atomic E-state index is 12.8. The Balaban J connectivity index is 1.44. The van der Waals surface area contributed by atoms with Crippen molar-refractivity contribution in [2.45, 2.75) is 31.2 Å². The first-order valence-electron chi connectivity index (χ1n) is 9.56. The molecule has 25 heavy (non-hydrogen) atoms. The number of piperazine rings is 1. The zero-order chi connectivity index (χ0) is 17.6. The Bertz CT molecular complexity index is 547. The highest BCUT2D eigenvalue weighted by molar-refractivity contribution is 7.98. The molecule has 2 saturated heterocycles. The number of benzene rings is 1. The van der Waals surface area contributed by atoms with E-state index in [1.54, 1.807) is 11.8 Å². The van der Waals surface area contributed by atoms with E-state index in [0.29, 0.717) is 5.91 Å². The van der Waals surface area contributed by atoms with Crippen molar-refractivity contribution in [1.29, 1.82) is 0 Å². The molecule has 0 aliphatic carbocycles. The molecule has 1 aromatic rings. The molecule has 138 valence electrons. The Morgan fingerprint density at radius 1 is 1.00 bits per heavy atom. The number of hydrogen-bond donors (Lipinski definition) is 0. The first-order chi connectivity index (χ1) is 12.2. The fraction of sp³-hybridized carbons (Fsp3) is 0.650. The molecule has 4 nitrogen and oxygen atoms in total. The minimum Gasteiger partial charge on any atom is -0.340 e. The molecule has 2 aliphatic rings. The van der Waals surface area contributed by atoms with E-state index in [-0.39, 0.29) is 5.92 Å². The fourth-order valence-corrected chi connectivity index (χ4v) is 4.28. The van der Waals surface area contributed by atoms with Crippen molar-refractivity contribution in [1.82, 2.24) is 14.7 Å². The third-order valence-corrected chi connectivity index (χ3v) is 6.38. The average Bonchev–Trinajstić information content (AvgIpc) is 2.69. The maximum Gasteiger partial charge on any atom is 0.225 e. The van der Waals surface area contributed by atoms with E-state index in [9.17, 15) is 4.79 Å². The Morgan fingerprint density at radius 2 is 1.64 bits per heavy atom. The molecule has 1 aromatic carbocycles. The molecular formula is C20H31N3OS. The van der Waals surface area contributed by atoms with E-state index in [0.717, 1.165) is 65.2 Å². The van der Waals surface area contributed by atoms with Crippen molar-refractivity contribution in [2.24, 2.45) is 5.92 Å². The lowest BCUT2D eigenvalue weighted by Gasteiger charge is -2.38. The summed E-state index contributed by atoms with van der Waals surface area (Å²) in [6, 6.07) is 8.87. The van der Waals surface area contributed by atoms with Crippen molar-refractivity contribution < 1.29 is 4.79 Å². The topological polar surface area (TPSA) is 26.8 Å². The molecule has 0 radical (unpaired) electrons. The minimum atomic E-state index is 0.239. The predicted octanol–water partition coefficient (Wildman–Crippen LogP) is 2.78. The van der Waals surface area contributed by atoms with Gasteiger partial charge in [-0.3, -0.25) is 9.69 Å². The van der Waals surface area contributed by atoms with Crippen LogP contribution < -0.4 is 0 Å². The smallest absolute Gasteiger partial charge is 0.225 e. The third kappa shape index (κ3) is 4.99. The van der Waals surface area contributed by atoms with Crippen molar-refractivity contribution in [3.05, 3.63) is 29.8 Å². The maximum absolute atomic E-state index is 12.8. The highest BCUT2D eigenvalue weighted by Crippen LogP contribution is 2.22. The van der Waals surface area contributed by atoms with Gasteiger partial charge in [0.25, 0.3) is 0 Å². The van der Waals surface area contributed by atoms with Crippen molar-refractivity contribution >= 4 is 17.7 Å². The number of rotatable bonds is 5. The normalized spacial score (nSPS) is 20.8. The Kier molecular flexibility index (Phi) is 6.79. The summed E-state index contributed by atoms with van der Waals surface area (Å²) >= 11 is 1.78. The highest BCUT2D eigenvalue weighted by atomic mass is 32.2. The Labute approximate surface area is 156 Å². The van der Waals surface area contributed by atoms with Crippen LogP contribution in [0.2, 0.25) is 0 Å². The van der Waals surface area contributed by atoms with Gasteiger partial charge in [0.15, 0.2) is 0 Å². The molecule has 1 amide bonds. The van der Waals surface area contributed by atoms with Crippen LogP contribution in [0.4, 0.5) is 0 Å². The molecule has 0 spiro atoms.